The van der Waals surface area contributed by atoms with Crippen LogP contribution in [0.4, 0.5) is 32.0 Å². The van der Waals surface area contributed by atoms with Gasteiger partial charge in [0.2, 0.25) is 0 Å². The summed E-state index contributed by atoms with van der Waals surface area (Å²) in [5.74, 6) is -1.31. The van der Waals surface area contributed by atoms with Crippen molar-refractivity contribution in [2.75, 3.05) is 18.0 Å². The first-order chi connectivity index (χ1) is 9.18. The molecule has 0 aromatic heterocycles. The van der Waals surface area contributed by atoms with Gasteiger partial charge in [-0.1, -0.05) is 0 Å². The van der Waals surface area contributed by atoms with E-state index in [1.54, 1.807) is 4.90 Å². The van der Waals surface area contributed by atoms with Gasteiger partial charge in [0.1, 0.15) is 0 Å². The molecule has 1 aliphatic heterocycles. The number of halogens is 6. The first-order valence-corrected chi connectivity index (χ1v) is 6.17. The summed E-state index contributed by atoms with van der Waals surface area (Å²) in [7, 11) is 0. The largest absolute Gasteiger partial charge is 0.416 e. The molecule has 0 atom stereocenters. The maximum Gasteiger partial charge on any atom is 0.416 e. The maximum atomic E-state index is 12.5. The molecular formula is C13H13F6N. The zero-order chi connectivity index (χ0) is 15.0. The van der Waals surface area contributed by atoms with Crippen LogP contribution in [0.3, 0.4) is 0 Å². The van der Waals surface area contributed by atoms with Gasteiger partial charge >= 0.3 is 12.4 Å². The van der Waals surface area contributed by atoms with Crippen molar-refractivity contribution in [3.05, 3.63) is 29.8 Å². The number of rotatable bonds is 1. The predicted octanol–water partition coefficient (Wildman–Crippen LogP) is 4.48. The quantitative estimate of drug-likeness (QED) is 0.691. The smallest absolute Gasteiger partial charge is 0.372 e. The maximum absolute atomic E-state index is 12.5. The summed E-state index contributed by atoms with van der Waals surface area (Å²) in [5, 5.41) is 0. The third-order valence-corrected chi connectivity index (χ3v) is 3.52. The normalized spacial score (nSPS) is 18.4. The van der Waals surface area contributed by atoms with Gasteiger partial charge in [0.15, 0.2) is 0 Å². The van der Waals surface area contributed by atoms with Crippen molar-refractivity contribution in [1.29, 1.82) is 0 Å². The highest BCUT2D eigenvalue weighted by molar-refractivity contribution is 5.48. The highest BCUT2D eigenvalue weighted by atomic mass is 19.4. The summed E-state index contributed by atoms with van der Waals surface area (Å²) in [6.45, 7) is 0.408. The minimum absolute atomic E-state index is 0.0233. The summed E-state index contributed by atoms with van der Waals surface area (Å²) in [4.78, 5) is 1.68. The molecule has 0 N–H and O–H groups in total. The average molecular weight is 297 g/mol. The number of hydrogen-bond donors (Lipinski definition) is 0. The van der Waals surface area contributed by atoms with Crippen molar-refractivity contribution >= 4 is 5.69 Å². The monoisotopic (exact) mass is 297 g/mol. The number of benzene rings is 1. The molecule has 1 aliphatic rings. The van der Waals surface area contributed by atoms with Gasteiger partial charge in [-0.3, -0.25) is 0 Å². The van der Waals surface area contributed by atoms with E-state index in [0.29, 0.717) is 5.69 Å². The Morgan fingerprint density at radius 1 is 0.850 bits per heavy atom. The molecule has 0 saturated carbocycles. The lowest BCUT2D eigenvalue weighted by Gasteiger charge is -2.34. The Balaban J connectivity index is 2.01. The molecule has 112 valence electrons. The predicted molar refractivity (Wildman–Crippen MR) is 62.4 cm³/mol. The van der Waals surface area contributed by atoms with Crippen LogP contribution < -0.4 is 4.90 Å². The van der Waals surface area contributed by atoms with E-state index in [4.69, 9.17) is 0 Å². The first kappa shape index (κ1) is 15.0. The van der Waals surface area contributed by atoms with Crippen LogP contribution >= 0.6 is 0 Å². The summed E-state index contributed by atoms with van der Waals surface area (Å²) < 4.78 is 74.8. The second kappa shape index (κ2) is 5.18. The number of anilines is 1. The number of alkyl halides is 6. The summed E-state index contributed by atoms with van der Waals surface area (Å²) in [5.41, 5.74) is -0.231. The van der Waals surface area contributed by atoms with Gasteiger partial charge in [0.05, 0.1) is 11.5 Å². The van der Waals surface area contributed by atoms with Crippen LogP contribution in [0.2, 0.25) is 0 Å². The Bertz CT molecular complexity index is 439. The second-order valence-electron chi connectivity index (χ2n) is 4.85. The molecule has 1 nitrogen and oxygen atoms in total. The van der Waals surface area contributed by atoms with E-state index in [2.05, 4.69) is 0 Å². The summed E-state index contributed by atoms with van der Waals surface area (Å²) in [6.07, 6.45) is -8.64. The molecule has 0 radical (unpaired) electrons. The van der Waals surface area contributed by atoms with Crippen LogP contribution in [-0.4, -0.2) is 19.3 Å². The Kier molecular flexibility index (Phi) is 3.88. The van der Waals surface area contributed by atoms with Crippen LogP contribution in [0.1, 0.15) is 18.4 Å². The van der Waals surface area contributed by atoms with Crippen LogP contribution in [0.25, 0.3) is 0 Å². The minimum Gasteiger partial charge on any atom is -0.372 e. The Morgan fingerprint density at radius 2 is 1.35 bits per heavy atom. The molecule has 0 unspecified atom stereocenters. The lowest BCUT2D eigenvalue weighted by atomic mass is 9.96. The van der Waals surface area contributed by atoms with Crippen LogP contribution in [0.15, 0.2) is 24.3 Å². The van der Waals surface area contributed by atoms with Crippen molar-refractivity contribution in [3.63, 3.8) is 0 Å². The molecule has 20 heavy (non-hydrogen) atoms. The van der Waals surface area contributed by atoms with E-state index in [-0.39, 0.29) is 25.9 Å². The van der Waals surface area contributed by atoms with Crippen LogP contribution in [0.5, 0.6) is 0 Å². The Morgan fingerprint density at radius 3 is 1.75 bits per heavy atom. The molecule has 0 aliphatic carbocycles. The molecule has 1 aromatic rings. The molecule has 0 spiro atoms. The van der Waals surface area contributed by atoms with Crippen LogP contribution in [0, 0.1) is 5.92 Å². The van der Waals surface area contributed by atoms with Gasteiger partial charge in [-0.2, -0.15) is 26.3 Å². The average Bonchev–Trinajstić information content (AvgIpc) is 2.37. The fraction of sp³-hybridized carbons (Fsp3) is 0.538. The zero-order valence-corrected chi connectivity index (χ0v) is 10.4. The van der Waals surface area contributed by atoms with Gasteiger partial charge in [0.25, 0.3) is 0 Å². The van der Waals surface area contributed by atoms with Gasteiger partial charge in [-0.15, -0.1) is 0 Å². The van der Waals surface area contributed by atoms with Gasteiger partial charge in [-0.05, 0) is 37.1 Å². The van der Waals surface area contributed by atoms with Crippen molar-refractivity contribution < 1.29 is 26.3 Å². The molecule has 7 heteroatoms. The third-order valence-electron chi connectivity index (χ3n) is 3.52. The van der Waals surface area contributed by atoms with E-state index in [9.17, 15) is 26.3 Å². The topological polar surface area (TPSA) is 3.24 Å². The van der Waals surface area contributed by atoms with E-state index in [1.165, 1.54) is 12.1 Å². The molecule has 1 aromatic carbocycles. The Hall–Kier alpha value is -1.40. The SMILES string of the molecule is FC(F)(F)c1ccc(N2CCC(C(F)(F)F)CC2)cc1. The first-order valence-electron chi connectivity index (χ1n) is 6.17. The number of nitrogens with zero attached hydrogens (tertiary/aromatic N) is 1. The summed E-state index contributed by atoms with van der Waals surface area (Å²) in [6, 6.07) is 4.50. The highest BCUT2D eigenvalue weighted by Crippen LogP contribution is 2.36. The van der Waals surface area contributed by atoms with Crippen LogP contribution in [-0.2, 0) is 6.18 Å². The molecule has 2 rings (SSSR count). The standard InChI is InChI=1S/C13H13F6N/c14-12(15,16)9-1-3-11(4-2-9)20-7-5-10(6-8-20)13(17,18)19/h1-4,10H,5-8H2. The van der Waals surface area contributed by atoms with Crippen molar-refractivity contribution in [2.45, 2.75) is 25.2 Å². The lowest BCUT2D eigenvalue weighted by molar-refractivity contribution is -0.179. The number of hydrogen-bond acceptors (Lipinski definition) is 1. The summed E-state index contributed by atoms with van der Waals surface area (Å²) >= 11 is 0. The molecule has 0 bridgehead atoms. The van der Waals surface area contributed by atoms with E-state index < -0.39 is 23.8 Å². The van der Waals surface area contributed by atoms with E-state index in [0.717, 1.165) is 12.1 Å². The minimum atomic E-state index is -4.40. The van der Waals surface area contributed by atoms with Gasteiger partial charge in [0, 0.05) is 18.8 Å². The highest BCUT2D eigenvalue weighted by Gasteiger charge is 2.41. The second-order valence-corrected chi connectivity index (χ2v) is 4.85. The van der Waals surface area contributed by atoms with Gasteiger partial charge < -0.3 is 4.90 Å². The molecule has 1 saturated heterocycles. The molecule has 0 amide bonds. The fourth-order valence-corrected chi connectivity index (χ4v) is 2.33. The lowest BCUT2D eigenvalue weighted by Crippen LogP contribution is -2.39. The van der Waals surface area contributed by atoms with Gasteiger partial charge in [-0.25, -0.2) is 0 Å². The van der Waals surface area contributed by atoms with Crippen molar-refractivity contribution in [2.24, 2.45) is 5.92 Å². The van der Waals surface area contributed by atoms with E-state index in [1.807, 2.05) is 0 Å². The fourth-order valence-electron chi connectivity index (χ4n) is 2.33. The zero-order valence-electron chi connectivity index (χ0n) is 10.4. The third kappa shape index (κ3) is 3.37. The molecular weight excluding hydrogens is 284 g/mol. The molecule has 1 heterocycles. The van der Waals surface area contributed by atoms with E-state index >= 15 is 0 Å². The number of piperidine rings is 1. The van der Waals surface area contributed by atoms with Crippen molar-refractivity contribution in [3.8, 4) is 0 Å². The Labute approximate surface area is 112 Å². The van der Waals surface area contributed by atoms with Crippen molar-refractivity contribution in [1.82, 2.24) is 0 Å². The molecule has 1 fully saturated rings.